The molecule has 1 aliphatic rings. The van der Waals surface area contributed by atoms with Gasteiger partial charge in [0.2, 0.25) is 0 Å². The highest BCUT2D eigenvalue weighted by Crippen LogP contribution is 2.28. The minimum Gasteiger partial charge on any atom is -0.465 e. The number of nitrogens with one attached hydrogen (secondary N) is 1. The van der Waals surface area contributed by atoms with E-state index in [1.54, 1.807) is 12.3 Å². The zero-order valence-corrected chi connectivity index (χ0v) is 13.2. The average Bonchev–Trinajstić information content (AvgIpc) is 2.74. The third-order valence-corrected chi connectivity index (χ3v) is 2.82. The molecule has 1 aromatic rings. The molecule has 0 spiro atoms. The van der Waals surface area contributed by atoms with Crippen LogP contribution in [0.2, 0.25) is 0 Å². The highest BCUT2D eigenvalue weighted by molar-refractivity contribution is 5.64. The van der Waals surface area contributed by atoms with Gasteiger partial charge in [0, 0.05) is 18.3 Å². The number of aromatic nitrogens is 2. The summed E-state index contributed by atoms with van der Waals surface area (Å²) in [4.78, 5) is 22.0. The first-order valence-electron chi connectivity index (χ1n) is 7.20. The third kappa shape index (κ3) is 6.92. The Kier molecular flexibility index (Phi) is 5.93. The van der Waals surface area contributed by atoms with E-state index in [9.17, 15) is 9.59 Å². The van der Waals surface area contributed by atoms with E-state index in [4.69, 9.17) is 5.11 Å². The largest absolute Gasteiger partial charge is 0.465 e. The summed E-state index contributed by atoms with van der Waals surface area (Å²) in [5.74, 6) is 0. The summed E-state index contributed by atoms with van der Waals surface area (Å²) in [5, 5.41) is 15.0. The molecular weight excluding hydrogens is 270 g/mol. The lowest BCUT2D eigenvalue weighted by Crippen LogP contribution is -2.32. The number of hydrogen-bond acceptors (Lipinski definition) is 3. The maximum atomic E-state index is 11.5. The third-order valence-electron chi connectivity index (χ3n) is 2.82. The Labute approximate surface area is 125 Å². The first-order valence-corrected chi connectivity index (χ1v) is 7.20. The van der Waals surface area contributed by atoms with Crippen LogP contribution in [0.3, 0.4) is 0 Å². The van der Waals surface area contributed by atoms with Crippen LogP contribution in [0.25, 0.3) is 0 Å². The van der Waals surface area contributed by atoms with E-state index in [2.05, 4.69) is 38.1 Å². The highest BCUT2D eigenvalue weighted by Gasteiger charge is 2.27. The summed E-state index contributed by atoms with van der Waals surface area (Å²) >= 11 is 0. The van der Waals surface area contributed by atoms with Crippen molar-refractivity contribution in [2.45, 2.75) is 59.0 Å². The minimum atomic E-state index is -1.01. The van der Waals surface area contributed by atoms with Crippen molar-refractivity contribution >= 4 is 6.09 Å². The molecule has 1 saturated carbocycles. The molecular formula is C15H25N3O3. The predicted molar refractivity (Wildman–Crippen MR) is 81.5 cm³/mol. The minimum absolute atomic E-state index is 0.00514. The molecule has 0 saturated heterocycles. The van der Waals surface area contributed by atoms with Crippen LogP contribution in [0.15, 0.2) is 23.1 Å². The van der Waals surface area contributed by atoms with Crippen LogP contribution in [-0.2, 0) is 0 Å². The number of rotatable bonds is 2. The van der Waals surface area contributed by atoms with Gasteiger partial charge in [-0.25, -0.2) is 9.48 Å². The summed E-state index contributed by atoms with van der Waals surface area (Å²) in [6.45, 7) is 8.75. The maximum Gasteiger partial charge on any atom is 0.404 e. The summed E-state index contributed by atoms with van der Waals surface area (Å²) in [6, 6.07) is 2.99. The Bertz CT molecular complexity index is 513. The zero-order chi connectivity index (χ0) is 16.0. The fourth-order valence-corrected chi connectivity index (χ4v) is 2.13. The van der Waals surface area contributed by atoms with Gasteiger partial charge in [-0.1, -0.05) is 27.7 Å². The van der Waals surface area contributed by atoms with Crippen molar-refractivity contribution in [3.8, 4) is 0 Å². The zero-order valence-electron chi connectivity index (χ0n) is 13.2. The van der Waals surface area contributed by atoms with Crippen molar-refractivity contribution in [2.75, 3.05) is 0 Å². The lowest BCUT2D eigenvalue weighted by Gasteiger charge is -2.12. The summed E-state index contributed by atoms with van der Waals surface area (Å²) in [7, 11) is 0. The van der Waals surface area contributed by atoms with Crippen molar-refractivity contribution in [3.05, 3.63) is 28.7 Å². The second kappa shape index (κ2) is 7.24. The monoisotopic (exact) mass is 295 g/mol. The fraction of sp³-hybridized carbons (Fsp3) is 0.667. The number of hydrogen-bond donors (Lipinski definition) is 2. The van der Waals surface area contributed by atoms with Gasteiger partial charge in [-0.2, -0.15) is 5.10 Å². The first kappa shape index (κ1) is 17.2. The van der Waals surface area contributed by atoms with Crippen LogP contribution in [0.1, 0.15) is 53.0 Å². The Morgan fingerprint density at radius 1 is 1.38 bits per heavy atom. The van der Waals surface area contributed by atoms with E-state index < -0.39 is 6.09 Å². The molecule has 2 atom stereocenters. The topological polar surface area (TPSA) is 84.2 Å². The number of nitrogens with zero attached hydrogens (tertiary/aromatic N) is 2. The van der Waals surface area contributed by atoms with Gasteiger partial charge in [-0.05, 0) is 30.7 Å². The molecule has 2 rings (SSSR count). The number of amides is 1. The molecule has 6 heteroatoms. The van der Waals surface area contributed by atoms with Crippen molar-refractivity contribution < 1.29 is 9.90 Å². The number of carbonyl (C=O) groups is 1. The average molecular weight is 295 g/mol. The van der Waals surface area contributed by atoms with Crippen LogP contribution < -0.4 is 10.9 Å². The van der Waals surface area contributed by atoms with Gasteiger partial charge in [0.15, 0.2) is 0 Å². The van der Waals surface area contributed by atoms with E-state index >= 15 is 0 Å². The lowest BCUT2D eigenvalue weighted by molar-refractivity contribution is 0.189. The van der Waals surface area contributed by atoms with Crippen molar-refractivity contribution in [3.63, 3.8) is 0 Å². The molecule has 21 heavy (non-hydrogen) atoms. The maximum absolute atomic E-state index is 11.5. The van der Waals surface area contributed by atoms with E-state index in [0.29, 0.717) is 11.8 Å². The first-order chi connectivity index (χ1) is 9.66. The van der Waals surface area contributed by atoms with Gasteiger partial charge in [-0.3, -0.25) is 4.79 Å². The Hall–Kier alpha value is -1.85. The molecule has 2 N–H and O–H groups in total. The Morgan fingerprint density at radius 3 is 2.52 bits per heavy atom. The van der Waals surface area contributed by atoms with Gasteiger partial charge in [0.25, 0.3) is 5.56 Å². The fourth-order valence-electron chi connectivity index (χ4n) is 2.13. The standard InChI is InChI=1S/C10H13N3O3.C5H12/c14-9-2-1-5-11-13(9)8-4-3-7(6-8)12-10(15)16;1-5(2,3)4/h1-2,5,7-8,12H,3-4,6H2,(H,15,16);1-4H3/t7-,8-;/m1./s1. The summed E-state index contributed by atoms with van der Waals surface area (Å²) in [6.07, 6.45) is 2.71. The number of carboxylic acid groups (broad SMARTS) is 1. The molecule has 0 unspecified atom stereocenters. The predicted octanol–water partition coefficient (Wildman–Crippen LogP) is 2.66. The molecule has 0 bridgehead atoms. The smallest absolute Gasteiger partial charge is 0.404 e. The van der Waals surface area contributed by atoms with Gasteiger partial charge in [0.05, 0.1) is 6.04 Å². The highest BCUT2D eigenvalue weighted by atomic mass is 16.4. The van der Waals surface area contributed by atoms with Crippen molar-refractivity contribution in [1.29, 1.82) is 0 Å². The summed E-state index contributed by atoms with van der Waals surface area (Å²) < 4.78 is 1.43. The molecule has 0 radical (unpaired) electrons. The lowest BCUT2D eigenvalue weighted by atomic mass is 10.0. The van der Waals surface area contributed by atoms with Crippen molar-refractivity contribution in [2.24, 2.45) is 5.41 Å². The molecule has 6 nitrogen and oxygen atoms in total. The van der Waals surface area contributed by atoms with E-state index in [0.717, 1.165) is 12.8 Å². The molecule has 1 aromatic heterocycles. The molecule has 1 aliphatic carbocycles. The van der Waals surface area contributed by atoms with Gasteiger partial charge < -0.3 is 10.4 Å². The molecule has 0 aliphatic heterocycles. The molecule has 118 valence electrons. The normalized spacial score (nSPS) is 21.3. The van der Waals surface area contributed by atoms with Gasteiger partial charge >= 0.3 is 6.09 Å². The molecule has 1 fully saturated rings. The van der Waals surface area contributed by atoms with E-state index in [-0.39, 0.29) is 17.6 Å². The van der Waals surface area contributed by atoms with Gasteiger partial charge in [0.1, 0.15) is 0 Å². The molecule has 0 aromatic carbocycles. The Balaban J connectivity index is 0.000000383. The Morgan fingerprint density at radius 2 is 2.00 bits per heavy atom. The SMILES string of the molecule is CC(C)(C)C.O=C(O)N[C@@H]1CC[C@@H](n2ncccc2=O)C1. The van der Waals surface area contributed by atoms with Crippen LogP contribution in [-0.4, -0.2) is 27.0 Å². The molecule has 1 amide bonds. The second-order valence-electron chi connectivity index (χ2n) is 6.92. The van der Waals surface area contributed by atoms with Crippen LogP contribution in [0.5, 0.6) is 0 Å². The van der Waals surface area contributed by atoms with Crippen LogP contribution >= 0.6 is 0 Å². The van der Waals surface area contributed by atoms with E-state index in [1.165, 1.54) is 10.7 Å². The molecule has 1 heterocycles. The van der Waals surface area contributed by atoms with Gasteiger partial charge in [-0.15, -0.1) is 0 Å². The summed E-state index contributed by atoms with van der Waals surface area (Å²) in [5.41, 5.74) is 0.364. The van der Waals surface area contributed by atoms with E-state index in [1.807, 2.05) is 0 Å². The quantitative estimate of drug-likeness (QED) is 0.878. The van der Waals surface area contributed by atoms with Crippen LogP contribution in [0, 0.1) is 5.41 Å². The second-order valence-corrected chi connectivity index (χ2v) is 6.92. The van der Waals surface area contributed by atoms with Crippen LogP contribution in [0.4, 0.5) is 4.79 Å². The van der Waals surface area contributed by atoms with Crippen molar-refractivity contribution in [1.82, 2.24) is 15.1 Å².